The van der Waals surface area contributed by atoms with Crippen LogP contribution in [0, 0.1) is 0 Å². The zero-order valence-corrected chi connectivity index (χ0v) is 12.4. The first-order valence-corrected chi connectivity index (χ1v) is 8.08. The normalized spacial score (nSPS) is 28.9. The summed E-state index contributed by atoms with van der Waals surface area (Å²) < 4.78 is 5.94. The molecule has 1 aromatic carbocycles. The molecular formula is C16H21ClN2O. The Bertz CT molecular complexity index is 491. The van der Waals surface area contributed by atoms with Crippen molar-refractivity contribution in [2.45, 2.75) is 50.5 Å². The molecule has 1 N–H and O–H groups in total. The maximum absolute atomic E-state index is 6.50. The molecule has 2 heterocycles. The number of nitrogens with zero attached hydrogens (tertiary/aromatic N) is 1. The van der Waals surface area contributed by atoms with Crippen LogP contribution in [0.4, 0.5) is 5.69 Å². The van der Waals surface area contributed by atoms with Gasteiger partial charge >= 0.3 is 0 Å². The van der Waals surface area contributed by atoms with E-state index in [0.29, 0.717) is 12.2 Å². The zero-order valence-electron chi connectivity index (χ0n) is 11.6. The Kier molecular flexibility index (Phi) is 3.37. The van der Waals surface area contributed by atoms with Gasteiger partial charge in [-0.3, -0.25) is 0 Å². The summed E-state index contributed by atoms with van der Waals surface area (Å²) >= 11 is 6.50. The van der Waals surface area contributed by atoms with Crippen molar-refractivity contribution in [2.75, 3.05) is 18.0 Å². The molecule has 2 unspecified atom stereocenters. The average Bonchev–Trinajstić information content (AvgIpc) is 3.21. The Hall–Kier alpha value is -0.770. The molecule has 0 radical (unpaired) electrons. The molecule has 4 heteroatoms. The van der Waals surface area contributed by atoms with E-state index in [1.165, 1.54) is 36.9 Å². The first-order valence-electron chi connectivity index (χ1n) is 7.71. The van der Waals surface area contributed by atoms with Gasteiger partial charge in [-0.1, -0.05) is 23.7 Å². The first kappa shape index (κ1) is 12.9. The van der Waals surface area contributed by atoms with Gasteiger partial charge in [-0.05, 0) is 37.3 Å². The van der Waals surface area contributed by atoms with Gasteiger partial charge in [-0.25, -0.2) is 0 Å². The molecule has 1 aromatic rings. The second-order valence-electron chi connectivity index (χ2n) is 6.27. The lowest BCUT2D eigenvalue weighted by Gasteiger charge is -2.35. The molecule has 20 heavy (non-hydrogen) atoms. The minimum Gasteiger partial charge on any atom is -0.371 e. The van der Waals surface area contributed by atoms with Gasteiger partial charge in [0.15, 0.2) is 0 Å². The van der Waals surface area contributed by atoms with Gasteiger partial charge in [0.2, 0.25) is 0 Å². The molecule has 2 aliphatic heterocycles. The smallest absolute Gasteiger partial charge is 0.0755 e. The third-order valence-corrected chi connectivity index (χ3v) is 4.89. The van der Waals surface area contributed by atoms with Crippen molar-refractivity contribution in [3.63, 3.8) is 0 Å². The SMILES string of the molecule is Clc1cccc(CNC2CC2)c1N1CC2CCC(C1)O2. The van der Waals surface area contributed by atoms with Crippen LogP contribution in [0.1, 0.15) is 31.2 Å². The van der Waals surface area contributed by atoms with Gasteiger partial charge in [-0.15, -0.1) is 0 Å². The summed E-state index contributed by atoms with van der Waals surface area (Å²) in [5.74, 6) is 0. The van der Waals surface area contributed by atoms with Crippen molar-refractivity contribution >= 4 is 17.3 Å². The monoisotopic (exact) mass is 292 g/mol. The fourth-order valence-electron chi connectivity index (χ4n) is 3.40. The van der Waals surface area contributed by atoms with Crippen molar-refractivity contribution in [1.82, 2.24) is 5.32 Å². The van der Waals surface area contributed by atoms with Crippen LogP contribution in [-0.2, 0) is 11.3 Å². The number of morpholine rings is 1. The molecule has 2 atom stereocenters. The second-order valence-corrected chi connectivity index (χ2v) is 6.67. The van der Waals surface area contributed by atoms with Gasteiger partial charge < -0.3 is 15.0 Å². The molecule has 2 saturated heterocycles. The lowest BCUT2D eigenvalue weighted by molar-refractivity contribution is 0.0304. The largest absolute Gasteiger partial charge is 0.371 e. The average molecular weight is 293 g/mol. The number of anilines is 1. The predicted octanol–water partition coefficient (Wildman–Crippen LogP) is 2.96. The van der Waals surface area contributed by atoms with E-state index in [4.69, 9.17) is 16.3 Å². The Morgan fingerprint density at radius 2 is 1.90 bits per heavy atom. The summed E-state index contributed by atoms with van der Waals surface area (Å²) in [4.78, 5) is 2.44. The first-order chi connectivity index (χ1) is 9.79. The van der Waals surface area contributed by atoms with Gasteiger partial charge in [0.05, 0.1) is 22.9 Å². The lowest BCUT2D eigenvalue weighted by Crippen LogP contribution is -2.43. The molecule has 3 aliphatic rings. The van der Waals surface area contributed by atoms with E-state index in [0.717, 1.165) is 30.7 Å². The van der Waals surface area contributed by atoms with Crippen molar-refractivity contribution in [3.8, 4) is 0 Å². The van der Waals surface area contributed by atoms with Crippen LogP contribution in [0.2, 0.25) is 5.02 Å². The highest BCUT2D eigenvalue weighted by molar-refractivity contribution is 6.33. The summed E-state index contributed by atoms with van der Waals surface area (Å²) in [6.45, 7) is 2.89. The highest BCUT2D eigenvalue weighted by Crippen LogP contribution is 2.36. The van der Waals surface area contributed by atoms with E-state index in [-0.39, 0.29) is 0 Å². The molecule has 0 amide bonds. The number of benzene rings is 1. The molecule has 1 aliphatic carbocycles. The van der Waals surface area contributed by atoms with E-state index in [1.807, 2.05) is 6.07 Å². The van der Waals surface area contributed by atoms with E-state index in [1.54, 1.807) is 0 Å². The number of ether oxygens (including phenoxy) is 1. The molecule has 3 fully saturated rings. The quantitative estimate of drug-likeness (QED) is 0.923. The fourth-order valence-corrected chi connectivity index (χ4v) is 3.71. The topological polar surface area (TPSA) is 24.5 Å². The Morgan fingerprint density at radius 3 is 2.60 bits per heavy atom. The van der Waals surface area contributed by atoms with Crippen molar-refractivity contribution in [3.05, 3.63) is 28.8 Å². The maximum atomic E-state index is 6.50. The number of fused-ring (bicyclic) bond motifs is 2. The molecule has 0 spiro atoms. The van der Waals surface area contributed by atoms with Crippen LogP contribution in [0.15, 0.2) is 18.2 Å². The Labute approximate surface area is 125 Å². The van der Waals surface area contributed by atoms with Crippen molar-refractivity contribution in [2.24, 2.45) is 0 Å². The molecule has 3 nitrogen and oxygen atoms in total. The molecular weight excluding hydrogens is 272 g/mol. The van der Waals surface area contributed by atoms with Crippen LogP contribution in [0.5, 0.6) is 0 Å². The Balaban J connectivity index is 1.58. The summed E-state index contributed by atoms with van der Waals surface area (Å²) in [5.41, 5.74) is 2.55. The van der Waals surface area contributed by atoms with Crippen molar-refractivity contribution in [1.29, 1.82) is 0 Å². The maximum Gasteiger partial charge on any atom is 0.0755 e. The van der Waals surface area contributed by atoms with Crippen LogP contribution in [0.3, 0.4) is 0 Å². The number of para-hydroxylation sites is 1. The highest BCUT2D eigenvalue weighted by Gasteiger charge is 2.35. The van der Waals surface area contributed by atoms with Crippen LogP contribution < -0.4 is 10.2 Å². The minimum atomic E-state index is 0.397. The standard InChI is InChI=1S/C16H21ClN2O/c17-15-3-1-2-11(8-18-12-4-5-12)16(15)19-9-13-6-7-14(10-19)20-13/h1-3,12-14,18H,4-10H2. The molecule has 1 saturated carbocycles. The van der Waals surface area contributed by atoms with Gasteiger partial charge in [0.25, 0.3) is 0 Å². The number of hydrogen-bond donors (Lipinski definition) is 1. The van der Waals surface area contributed by atoms with E-state index in [2.05, 4.69) is 22.3 Å². The highest BCUT2D eigenvalue weighted by atomic mass is 35.5. The zero-order chi connectivity index (χ0) is 13.5. The van der Waals surface area contributed by atoms with E-state index < -0.39 is 0 Å². The molecule has 108 valence electrons. The Morgan fingerprint density at radius 1 is 1.15 bits per heavy atom. The summed E-state index contributed by atoms with van der Waals surface area (Å²) in [7, 11) is 0. The minimum absolute atomic E-state index is 0.397. The summed E-state index contributed by atoms with van der Waals surface area (Å²) in [6, 6.07) is 7.00. The third-order valence-electron chi connectivity index (χ3n) is 4.59. The predicted molar refractivity (Wildman–Crippen MR) is 81.4 cm³/mol. The second kappa shape index (κ2) is 5.21. The number of halogens is 1. The van der Waals surface area contributed by atoms with Crippen LogP contribution >= 0.6 is 11.6 Å². The number of nitrogens with one attached hydrogen (secondary N) is 1. The third kappa shape index (κ3) is 2.54. The van der Waals surface area contributed by atoms with Crippen molar-refractivity contribution < 1.29 is 4.74 Å². The van der Waals surface area contributed by atoms with Gasteiger partial charge in [0.1, 0.15) is 0 Å². The number of rotatable bonds is 4. The fraction of sp³-hybridized carbons (Fsp3) is 0.625. The van der Waals surface area contributed by atoms with Crippen LogP contribution in [0.25, 0.3) is 0 Å². The lowest BCUT2D eigenvalue weighted by atomic mass is 10.1. The molecule has 4 rings (SSSR count). The molecule has 0 aromatic heterocycles. The molecule has 2 bridgehead atoms. The summed E-state index contributed by atoms with van der Waals surface area (Å²) in [5, 5.41) is 4.48. The number of hydrogen-bond acceptors (Lipinski definition) is 3. The van der Waals surface area contributed by atoms with E-state index in [9.17, 15) is 0 Å². The summed E-state index contributed by atoms with van der Waals surface area (Å²) in [6.07, 6.45) is 5.82. The van der Waals surface area contributed by atoms with Crippen LogP contribution in [-0.4, -0.2) is 31.3 Å². The van der Waals surface area contributed by atoms with E-state index >= 15 is 0 Å². The van der Waals surface area contributed by atoms with Gasteiger partial charge in [-0.2, -0.15) is 0 Å². The van der Waals surface area contributed by atoms with Gasteiger partial charge in [0, 0.05) is 25.7 Å².